The predicted molar refractivity (Wildman–Crippen MR) is 87.7 cm³/mol. The molecule has 2 heterocycles. The van der Waals surface area contributed by atoms with Crippen molar-refractivity contribution in [2.24, 2.45) is 17.3 Å². The van der Waals surface area contributed by atoms with Crippen molar-refractivity contribution in [1.29, 1.82) is 0 Å². The molecule has 1 N–H and O–H groups in total. The lowest BCUT2D eigenvalue weighted by Crippen LogP contribution is -2.45. The van der Waals surface area contributed by atoms with E-state index in [0.29, 0.717) is 45.4 Å². The summed E-state index contributed by atoms with van der Waals surface area (Å²) in [5.74, 6) is -0.791. The second-order valence-corrected chi connectivity index (χ2v) is 9.60. The smallest absolute Gasteiger partial charge is 0.311 e. The molecule has 3 aliphatic rings. The highest BCUT2D eigenvalue weighted by molar-refractivity contribution is 7.89. The van der Waals surface area contributed by atoms with Crippen LogP contribution in [-0.4, -0.2) is 66.5 Å². The first-order chi connectivity index (χ1) is 11.3. The van der Waals surface area contributed by atoms with Crippen LogP contribution in [0.15, 0.2) is 0 Å². The number of amides is 1. The van der Waals surface area contributed by atoms with Crippen molar-refractivity contribution >= 4 is 21.9 Å². The van der Waals surface area contributed by atoms with Crippen LogP contribution in [0.3, 0.4) is 0 Å². The van der Waals surface area contributed by atoms with Gasteiger partial charge in [-0.2, -0.15) is 0 Å². The average Bonchev–Trinajstić information content (AvgIpc) is 3.12. The molecule has 0 aromatic heterocycles. The molecule has 0 aromatic carbocycles. The number of nitrogens with zero attached hydrogens (tertiary/aromatic N) is 2. The summed E-state index contributed by atoms with van der Waals surface area (Å²) in [6.45, 7) is 3.25. The van der Waals surface area contributed by atoms with Crippen molar-refractivity contribution < 1.29 is 23.1 Å². The summed E-state index contributed by atoms with van der Waals surface area (Å²) >= 11 is 0. The molecule has 2 aliphatic heterocycles. The van der Waals surface area contributed by atoms with Crippen LogP contribution in [-0.2, 0) is 19.6 Å². The number of carbonyl (C=O) groups excluding carboxylic acids is 1. The highest BCUT2D eigenvalue weighted by atomic mass is 32.2. The Labute approximate surface area is 143 Å². The van der Waals surface area contributed by atoms with E-state index in [1.165, 1.54) is 4.31 Å². The van der Waals surface area contributed by atoms with Gasteiger partial charge in [-0.1, -0.05) is 6.42 Å². The molecule has 0 aromatic rings. The van der Waals surface area contributed by atoms with Gasteiger partial charge in [0.25, 0.3) is 0 Å². The Hall–Kier alpha value is -1.15. The van der Waals surface area contributed by atoms with Gasteiger partial charge < -0.3 is 10.0 Å². The van der Waals surface area contributed by atoms with Crippen LogP contribution in [0.1, 0.15) is 39.0 Å². The molecule has 1 aliphatic carbocycles. The molecule has 3 fully saturated rings. The number of aliphatic carboxylic acids is 1. The van der Waals surface area contributed by atoms with Crippen molar-refractivity contribution in [3.63, 3.8) is 0 Å². The molecule has 0 unspecified atom stereocenters. The summed E-state index contributed by atoms with van der Waals surface area (Å²) in [6.07, 6.45) is 3.51. The van der Waals surface area contributed by atoms with Gasteiger partial charge in [-0.25, -0.2) is 12.7 Å². The molecular formula is C16H26N2O5S. The van der Waals surface area contributed by atoms with E-state index < -0.39 is 21.4 Å². The number of likely N-dealkylation sites (tertiary alicyclic amines) is 1. The second-order valence-electron chi connectivity index (χ2n) is 7.34. The Kier molecular flexibility index (Phi) is 4.63. The van der Waals surface area contributed by atoms with Gasteiger partial charge in [-0.15, -0.1) is 0 Å². The number of fused-ring (bicyclic) bond motifs is 1. The molecule has 2 atom stereocenters. The van der Waals surface area contributed by atoms with E-state index in [-0.39, 0.29) is 23.5 Å². The van der Waals surface area contributed by atoms with Gasteiger partial charge in [0, 0.05) is 32.1 Å². The number of sulfonamides is 1. The Morgan fingerprint density at radius 1 is 1.21 bits per heavy atom. The van der Waals surface area contributed by atoms with Crippen LogP contribution in [0.2, 0.25) is 0 Å². The fourth-order valence-corrected chi connectivity index (χ4v) is 5.76. The molecule has 0 radical (unpaired) electrons. The van der Waals surface area contributed by atoms with Crippen LogP contribution >= 0.6 is 0 Å². The Bertz CT molecular complexity index is 626. The van der Waals surface area contributed by atoms with Crippen LogP contribution in [0.5, 0.6) is 0 Å². The maximum absolute atomic E-state index is 12.8. The van der Waals surface area contributed by atoms with Crippen molar-refractivity contribution in [1.82, 2.24) is 9.21 Å². The van der Waals surface area contributed by atoms with E-state index in [1.807, 2.05) is 0 Å². The average molecular weight is 358 g/mol. The number of carbonyl (C=O) groups is 2. The molecular weight excluding hydrogens is 332 g/mol. The Morgan fingerprint density at radius 2 is 1.88 bits per heavy atom. The molecule has 8 heteroatoms. The van der Waals surface area contributed by atoms with Crippen molar-refractivity contribution in [2.75, 3.05) is 31.9 Å². The lowest BCUT2D eigenvalue weighted by atomic mass is 9.81. The zero-order valence-electron chi connectivity index (χ0n) is 14.1. The van der Waals surface area contributed by atoms with E-state index >= 15 is 0 Å². The highest BCUT2D eigenvalue weighted by Crippen LogP contribution is 2.49. The maximum Gasteiger partial charge on any atom is 0.311 e. The number of carboxylic acid groups (broad SMARTS) is 1. The molecule has 0 spiro atoms. The number of carboxylic acids is 1. The highest BCUT2D eigenvalue weighted by Gasteiger charge is 2.56. The normalized spacial score (nSPS) is 32.0. The quantitative estimate of drug-likeness (QED) is 0.801. The summed E-state index contributed by atoms with van der Waals surface area (Å²) < 4.78 is 25.3. The van der Waals surface area contributed by atoms with Crippen molar-refractivity contribution in [2.45, 2.75) is 39.0 Å². The van der Waals surface area contributed by atoms with Gasteiger partial charge in [-0.05, 0) is 38.5 Å². The fourth-order valence-electron chi connectivity index (χ4n) is 4.63. The number of hydrogen-bond acceptors (Lipinski definition) is 4. The summed E-state index contributed by atoms with van der Waals surface area (Å²) in [6, 6.07) is 0. The third-order valence-corrected chi connectivity index (χ3v) is 8.05. The molecule has 1 amide bonds. The number of rotatable bonds is 4. The molecule has 7 nitrogen and oxygen atoms in total. The second kappa shape index (κ2) is 6.29. The lowest BCUT2D eigenvalue weighted by Gasteiger charge is -2.32. The van der Waals surface area contributed by atoms with Gasteiger partial charge in [-0.3, -0.25) is 9.59 Å². The van der Waals surface area contributed by atoms with Crippen LogP contribution in [0.25, 0.3) is 0 Å². The van der Waals surface area contributed by atoms with E-state index in [0.717, 1.165) is 12.8 Å². The standard InChI is InChI=1S/C16H26N2O5S/c1-2-24(22,23)18-8-5-12(6-9-18)14(19)17-10-13-4-3-7-16(13,11-17)15(20)21/h12-13H,2-11H2,1H3,(H,20,21)/t13-,16+/m0/s1. The molecule has 136 valence electrons. The minimum Gasteiger partial charge on any atom is -0.481 e. The van der Waals surface area contributed by atoms with Gasteiger partial charge >= 0.3 is 5.97 Å². The van der Waals surface area contributed by atoms with Crippen molar-refractivity contribution in [3.05, 3.63) is 0 Å². The van der Waals surface area contributed by atoms with E-state index in [1.54, 1.807) is 11.8 Å². The molecule has 24 heavy (non-hydrogen) atoms. The van der Waals surface area contributed by atoms with Crippen LogP contribution in [0, 0.1) is 17.3 Å². The first-order valence-electron chi connectivity index (χ1n) is 8.80. The van der Waals surface area contributed by atoms with Crippen LogP contribution in [0.4, 0.5) is 0 Å². The first kappa shape index (κ1) is 17.7. The molecule has 2 saturated heterocycles. The molecule has 1 saturated carbocycles. The van der Waals surface area contributed by atoms with Gasteiger partial charge in [0.1, 0.15) is 0 Å². The van der Waals surface area contributed by atoms with E-state index in [4.69, 9.17) is 0 Å². The number of piperidine rings is 1. The molecule has 0 bridgehead atoms. The summed E-state index contributed by atoms with van der Waals surface area (Å²) in [7, 11) is -3.19. The maximum atomic E-state index is 12.8. The third-order valence-electron chi connectivity index (χ3n) is 6.17. The lowest BCUT2D eigenvalue weighted by molar-refractivity contribution is -0.149. The zero-order valence-corrected chi connectivity index (χ0v) is 14.9. The fraction of sp³-hybridized carbons (Fsp3) is 0.875. The largest absolute Gasteiger partial charge is 0.481 e. The van der Waals surface area contributed by atoms with Gasteiger partial charge in [0.2, 0.25) is 15.9 Å². The predicted octanol–water partition coefficient (Wildman–Crippen LogP) is 0.761. The van der Waals surface area contributed by atoms with Crippen molar-refractivity contribution in [3.8, 4) is 0 Å². The van der Waals surface area contributed by atoms with Gasteiger partial charge in [0.05, 0.1) is 11.2 Å². The minimum absolute atomic E-state index is 0.0126. The van der Waals surface area contributed by atoms with E-state index in [2.05, 4.69) is 0 Å². The first-order valence-corrected chi connectivity index (χ1v) is 10.4. The summed E-state index contributed by atoms with van der Waals surface area (Å²) in [5, 5.41) is 9.62. The van der Waals surface area contributed by atoms with E-state index in [9.17, 15) is 23.1 Å². The number of hydrogen-bond donors (Lipinski definition) is 1. The minimum atomic E-state index is -3.19. The molecule has 3 rings (SSSR count). The summed E-state index contributed by atoms with van der Waals surface area (Å²) in [4.78, 5) is 26.2. The SMILES string of the molecule is CCS(=O)(=O)N1CCC(C(=O)N2C[C@@H]3CCC[C@@]3(C(=O)O)C2)CC1. The topological polar surface area (TPSA) is 95.0 Å². The van der Waals surface area contributed by atoms with Crippen LogP contribution < -0.4 is 0 Å². The Morgan fingerprint density at radius 3 is 2.42 bits per heavy atom. The third kappa shape index (κ3) is 2.83. The summed E-state index contributed by atoms with van der Waals surface area (Å²) in [5.41, 5.74) is -0.748. The monoisotopic (exact) mass is 358 g/mol. The zero-order chi connectivity index (χ0) is 17.5. The van der Waals surface area contributed by atoms with Gasteiger partial charge in [0.15, 0.2) is 0 Å². The Balaban J connectivity index is 1.62.